The lowest BCUT2D eigenvalue weighted by Crippen LogP contribution is -2.67. The van der Waals surface area contributed by atoms with Crippen LogP contribution in [0.5, 0.6) is 11.5 Å². The van der Waals surface area contributed by atoms with Gasteiger partial charge in [-0.1, -0.05) is 12.1 Å². The Bertz CT molecular complexity index is 842. The SMILES string of the molecule is COc1ccccc1O[C@@H]1O[C@H](COC(C)=O)[C@@H](OC(C)=O)[C@H](OC(C)=O)[C@H]1NC(C)=O. The number of para-hydroxylation sites is 2. The van der Waals surface area contributed by atoms with E-state index >= 15 is 0 Å². The Balaban J connectivity index is 2.48. The summed E-state index contributed by atoms with van der Waals surface area (Å²) in [7, 11) is 1.46. The third-order valence-corrected chi connectivity index (χ3v) is 4.38. The zero-order chi connectivity index (χ0) is 23.8. The van der Waals surface area contributed by atoms with Gasteiger partial charge < -0.3 is 33.7 Å². The van der Waals surface area contributed by atoms with Crippen LogP contribution < -0.4 is 14.8 Å². The van der Waals surface area contributed by atoms with Crippen LogP contribution >= 0.6 is 0 Å². The molecule has 1 N–H and O–H groups in total. The second-order valence-electron chi connectivity index (χ2n) is 6.99. The summed E-state index contributed by atoms with van der Waals surface area (Å²) in [5.74, 6) is -1.76. The molecule has 1 heterocycles. The first-order valence-corrected chi connectivity index (χ1v) is 9.82. The molecule has 5 atom stereocenters. The van der Waals surface area contributed by atoms with Crippen LogP contribution in [0.3, 0.4) is 0 Å². The molecule has 0 aromatic heterocycles. The number of hydrogen-bond acceptors (Lipinski definition) is 10. The molecule has 1 aliphatic rings. The molecule has 0 aliphatic carbocycles. The number of carbonyl (C=O) groups excluding carboxylic acids is 4. The molecule has 1 amide bonds. The fourth-order valence-corrected chi connectivity index (χ4v) is 3.23. The Morgan fingerprint density at radius 3 is 2.03 bits per heavy atom. The second-order valence-corrected chi connectivity index (χ2v) is 6.99. The third-order valence-electron chi connectivity index (χ3n) is 4.38. The fourth-order valence-electron chi connectivity index (χ4n) is 3.23. The molecule has 32 heavy (non-hydrogen) atoms. The van der Waals surface area contributed by atoms with E-state index in [1.165, 1.54) is 34.8 Å². The molecule has 0 spiro atoms. The molecule has 0 saturated carbocycles. The molecule has 1 aromatic rings. The Morgan fingerprint density at radius 2 is 1.50 bits per heavy atom. The first kappa shape index (κ1) is 24.9. The maximum Gasteiger partial charge on any atom is 0.303 e. The van der Waals surface area contributed by atoms with E-state index in [-0.39, 0.29) is 12.4 Å². The molecule has 1 saturated heterocycles. The lowest BCUT2D eigenvalue weighted by Gasteiger charge is -2.44. The van der Waals surface area contributed by atoms with E-state index in [1.54, 1.807) is 24.3 Å². The molecule has 2 rings (SSSR count). The van der Waals surface area contributed by atoms with Crippen molar-refractivity contribution in [3.63, 3.8) is 0 Å². The monoisotopic (exact) mass is 453 g/mol. The number of ether oxygens (including phenoxy) is 6. The summed E-state index contributed by atoms with van der Waals surface area (Å²) in [5.41, 5.74) is 0. The first-order chi connectivity index (χ1) is 15.1. The maximum absolute atomic E-state index is 11.9. The van der Waals surface area contributed by atoms with Crippen LogP contribution in [0.1, 0.15) is 27.7 Å². The van der Waals surface area contributed by atoms with Crippen LogP contribution in [0.4, 0.5) is 0 Å². The summed E-state index contributed by atoms with van der Waals surface area (Å²) in [6.07, 6.45) is -4.66. The van der Waals surface area contributed by atoms with E-state index in [9.17, 15) is 19.2 Å². The van der Waals surface area contributed by atoms with Gasteiger partial charge in [0.05, 0.1) is 7.11 Å². The molecule has 0 radical (unpaired) electrons. The molecular formula is C21H27NO10. The van der Waals surface area contributed by atoms with Crippen LogP contribution in [0.15, 0.2) is 24.3 Å². The zero-order valence-electron chi connectivity index (χ0n) is 18.5. The van der Waals surface area contributed by atoms with Gasteiger partial charge >= 0.3 is 17.9 Å². The second kappa shape index (κ2) is 11.3. The number of rotatable bonds is 8. The van der Waals surface area contributed by atoms with E-state index in [0.717, 1.165) is 0 Å². The van der Waals surface area contributed by atoms with Gasteiger partial charge in [0, 0.05) is 27.7 Å². The van der Waals surface area contributed by atoms with Crippen molar-refractivity contribution in [3.05, 3.63) is 24.3 Å². The Hall–Kier alpha value is -3.34. The molecule has 176 valence electrons. The Labute approximate surface area is 185 Å². The van der Waals surface area contributed by atoms with E-state index in [0.29, 0.717) is 5.75 Å². The van der Waals surface area contributed by atoms with Gasteiger partial charge in [-0.15, -0.1) is 0 Å². The highest BCUT2D eigenvalue weighted by molar-refractivity contribution is 5.73. The summed E-state index contributed by atoms with van der Waals surface area (Å²) in [4.78, 5) is 46.9. The average Bonchev–Trinajstić information content (AvgIpc) is 2.70. The lowest BCUT2D eigenvalue weighted by molar-refractivity contribution is -0.257. The molecule has 11 heteroatoms. The third kappa shape index (κ3) is 6.84. The van der Waals surface area contributed by atoms with Gasteiger partial charge in [-0.05, 0) is 12.1 Å². The Morgan fingerprint density at radius 1 is 0.906 bits per heavy atom. The zero-order valence-corrected chi connectivity index (χ0v) is 18.5. The minimum atomic E-state index is -1.22. The molecule has 1 aliphatic heterocycles. The van der Waals surface area contributed by atoms with Crippen molar-refractivity contribution in [1.29, 1.82) is 0 Å². The van der Waals surface area contributed by atoms with Crippen molar-refractivity contribution in [2.45, 2.75) is 58.3 Å². The molecule has 0 unspecified atom stereocenters. The van der Waals surface area contributed by atoms with Crippen molar-refractivity contribution in [3.8, 4) is 11.5 Å². The lowest BCUT2D eigenvalue weighted by atomic mass is 9.96. The van der Waals surface area contributed by atoms with Crippen molar-refractivity contribution in [2.75, 3.05) is 13.7 Å². The number of nitrogens with one attached hydrogen (secondary N) is 1. The van der Waals surface area contributed by atoms with E-state index in [4.69, 9.17) is 28.4 Å². The summed E-state index contributed by atoms with van der Waals surface area (Å²) in [5, 5.41) is 2.63. The highest BCUT2D eigenvalue weighted by Gasteiger charge is 2.52. The van der Waals surface area contributed by atoms with Gasteiger partial charge in [0.15, 0.2) is 23.7 Å². The van der Waals surface area contributed by atoms with Crippen LogP contribution in [0.25, 0.3) is 0 Å². The highest BCUT2D eigenvalue weighted by atomic mass is 16.7. The molecule has 1 aromatic carbocycles. The van der Waals surface area contributed by atoms with Crippen molar-refractivity contribution < 1.29 is 47.6 Å². The van der Waals surface area contributed by atoms with Gasteiger partial charge in [-0.25, -0.2) is 0 Å². The van der Waals surface area contributed by atoms with Crippen molar-refractivity contribution in [1.82, 2.24) is 5.32 Å². The number of amides is 1. The molecule has 11 nitrogen and oxygen atoms in total. The van der Waals surface area contributed by atoms with E-state index in [2.05, 4.69) is 5.32 Å². The van der Waals surface area contributed by atoms with Crippen LogP contribution in [-0.2, 0) is 38.1 Å². The quantitative estimate of drug-likeness (QED) is 0.443. The van der Waals surface area contributed by atoms with Gasteiger partial charge in [0.2, 0.25) is 12.2 Å². The fraction of sp³-hybridized carbons (Fsp3) is 0.524. The largest absolute Gasteiger partial charge is 0.493 e. The summed E-state index contributed by atoms with van der Waals surface area (Å²) in [6, 6.07) is 5.65. The van der Waals surface area contributed by atoms with Gasteiger partial charge in [0.1, 0.15) is 18.8 Å². The minimum Gasteiger partial charge on any atom is -0.493 e. The van der Waals surface area contributed by atoms with Crippen LogP contribution in [0.2, 0.25) is 0 Å². The standard InChI is InChI=1S/C21H27NO10/c1-11(23)22-18-20(30-14(4)26)19(29-13(3)25)17(10-28-12(2)24)32-21(18)31-16-9-7-6-8-15(16)27-5/h6-9,17-21H,10H2,1-5H3,(H,22,23)/t17-,18-,19-,20-,21-/m1/s1. The number of benzene rings is 1. The molecule has 0 bridgehead atoms. The number of hydrogen-bond donors (Lipinski definition) is 1. The summed E-state index contributed by atoms with van der Waals surface area (Å²) < 4.78 is 33.0. The topological polar surface area (TPSA) is 136 Å². The summed E-state index contributed by atoms with van der Waals surface area (Å²) in [6.45, 7) is 4.48. The van der Waals surface area contributed by atoms with Gasteiger partial charge in [0.25, 0.3) is 0 Å². The van der Waals surface area contributed by atoms with E-state index < -0.39 is 54.5 Å². The molecular weight excluding hydrogens is 426 g/mol. The number of carbonyl (C=O) groups is 4. The first-order valence-electron chi connectivity index (χ1n) is 9.82. The van der Waals surface area contributed by atoms with Crippen molar-refractivity contribution >= 4 is 23.8 Å². The highest BCUT2D eigenvalue weighted by Crippen LogP contribution is 2.32. The predicted octanol–water partition coefficient (Wildman–Crippen LogP) is 0.730. The predicted molar refractivity (Wildman–Crippen MR) is 108 cm³/mol. The van der Waals surface area contributed by atoms with Gasteiger partial charge in [-0.3, -0.25) is 19.2 Å². The smallest absolute Gasteiger partial charge is 0.303 e. The van der Waals surface area contributed by atoms with Crippen LogP contribution in [0, 0.1) is 0 Å². The van der Waals surface area contributed by atoms with Crippen molar-refractivity contribution in [2.24, 2.45) is 0 Å². The Kier molecular flexibility index (Phi) is 8.82. The summed E-state index contributed by atoms with van der Waals surface area (Å²) >= 11 is 0. The maximum atomic E-state index is 11.9. The average molecular weight is 453 g/mol. The van der Waals surface area contributed by atoms with E-state index in [1.807, 2.05) is 0 Å². The number of esters is 3. The van der Waals surface area contributed by atoms with Crippen LogP contribution in [-0.4, -0.2) is 68.2 Å². The van der Waals surface area contributed by atoms with Gasteiger partial charge in [-0.2, -0.15) is 0 Å². The minimum absolute atomic E-state index is 0.286. The molecule has 1 fully saturated rings. The normalized spacial score (nSPS) is 24.6. The number of methoxy groups -OCH3 is 1.